The summed E-state index contributed by atoms with van der Waals surface area (Å²) in [7, 11) is 0. The molecular weight excluding hydrogens is 432 g/mol. The van der Waals surface area contributed by atoms with Crippen LogP contribution in [-0.4, -0.2) is 52.9 Å². The molecule has 1 saturated heterocycles. The number of halogens is 1. The molecule has 3 amide bonds. The SMILES string of the molecule is O=C(Nc1cccc(Cl)c1)N1CCCN(C(=O)c2csc(Cc3ccccc3)n2)CC1. The van der Waals surface area contributed by atoms with Gasteiger partial charge in [-0.05, 0) is 30.2 Å². The zero-order valence-electron chi connectivity index (χ0n) is 17.0. The summed E-state index contributed by atoms with van der Waals surface area (Å²) in [5.74, 6) is -0.0762. The Morgan fingerprint density at radius 2 is 1.77 bits per heavy atom. The molecule has 1 N–H and O–H groups in total. The van der Waals surface area contributed by atoms with Gasteiger partial charge in [0.1, 0.15) is 5.69 Å². The molecule has 1 fully saturated rings. The van der Waals surface area contributed by atoms with Crippen molar-refractivity contribution in [3.8, 4) is 0 Å². The average molecular weight is 455 g/mol. The first kappa shape index (κ1) is 21.3. The smallest absolute Gasteiger partial charge is 0.321 e. The second-order valence-corrected chi connectivity index (χ2v) is 8.74. The molecule has 0 atom stereocenters. The molecule has 2 aromatic carbocycles. The van der Waals surface area contributed by atoms with Crippen LogP contribution in [0.1, 0.15) is 27.5 Å². The first-order valence-electron chi connectivity index (χ1n) is 10.2. The number of amides is 3. The van der Waals surface area contributed by atoms with Crippen LogP contribution in [-0.2, 0) is 6.42 Å². The summed E-state index contributed by atoms with van der Waals surface area (Å²) in [5.41, 5.74) is 2.31. The van der Waals surface area contributed by atoms with Gasteiger partial charge in [0.15, 0.2) is 0 Å². The molecule has 6 nitrogen and oxygen atoms in total. The van der Waals surface area contributed by atoms with Crippen molar-refractivity contribution < 1.29 is 9.59 Å². The highest BCUT2D eigenvalue weighted by Crippen LogP contribution is 2.18. The lowest BCUT2D eigenvalue weighted by Gasteiger charge is -2.22. The standard InChI is InChI=1S/C23H23ClN4O2S/c24-18-8-4-9-19(15-18)25-23(30)28-11-5-10-27(12-13-28)22(29)20-16-31-21(26-20)14-17-6-2-1-3-7-17/h1-4,6-9,15-16H,5,10-14H2,(H,25,30). The number of nitrogens with zero attached hydrogens (tertiary/aromatic N) is 3. The van der Waals surface area contributed by atoms with E-state index in [9.17, 15) is 9.59 Å². The molecule has 0 aliphatic carbocycles. The van der Waals surface area contributed by atoms with Gasteiger partial charge in [0.05, 0.1) is 5.01 Å². The Kier molecular flexibility index (Phi) is 6.84. The maximum absolute atomic E-state index is 13.0. The number of carbonyl (C=O) groups excluding carboxylic acids is 2. The zero-order chi connectivity index (χ0) is 21.6. The summed E-state index contributed by atoms with van der Waals surface area (Å²) < 4.78 is 0. The number of hydrogen-bond acceptors (Lipinski definition) is 4. The second-order valence-electron chi connectivity index (χ2n) is 7.36. The molecule has 1 aliphatic rings. The third-order valence-corrected chi connectivity index (χ3v) is 6.20. The number of anilines is 1. The van der Waals surface area contributed by atoms with Crippen LogP contribution < -0.4 is 5.32 Å². The lowest BCUT2D eigenvalue weighted by molar-refractivity contribution is 0.0757. The third-order valence-electron chi connectivity index (χ3n) is 5.12. The molecule has 8 heteroatoms. The minimum absolute atomic E-state index is 0.0762. The van der Waals surface area contributed by atoms with E-state index < -0.39 is 0 Å². The van der Waals surface area contributed by atoms with Crippen LogP contribution in [0.4, 0.5) is 10.5 Å². The van der Waals surface area contributed by atoms with Gasteiger partial charge in [0.25, 0.3) is 5.91 Å². The average Bonchev–Trinajstić information content (AvgIpc) is 3.08. The molecule has 0 radical (unpaired) electrons. The minimum Gasteiger partial charge on any atom is -0.335 e. The summed E-state index contributed by atoms with van der Waals surface area (Å²) in [5, 5.41) is 6.19. The number of nitrogens with one attached hydrogen (secondary N) is 1. The predicted octanol–water partition coefficient (Wildman–Crippen LogP) is 4.77. The van der Waals surface area contributed by atoms with E-state index in [-0.39, 0.29) is 11.9 Å². The summed E-state index contributed by atoms with van der Waals surface area (Å²) in [6.07, 6.45) is 1.44. The van der Waals surface area contributed by atoms with Crippen LogP contribution >= 0.6 is 22.9 Å². The van der Waals surface area contributed by atoms with E-state index in [2.05, 4.69) is 22.4 Å². The number of urea groups is 1. The van der Waals surface area contributed by atoms with Crippen molar-refractivity contribution >= 4 is 40.6 Å². The Morgan fingerprint density at radius 1 is 1.00 bits per heavy atom. The van der Waals surface area contributed by atoms with Crippen molar-refractivity contribution in [3.05, 3.63) is 81.3 Å². The van der Waals surface area contributed by atoms with Crippen LogP contribution in [0.25, 0.3) is 0 Å². The fraction of sp³-hybridized carbons (Fsp3) is 0.261. The number of aromatic nitrogens is 1. The maximum Gasteiger partial charge on any atom is 0.321 e. The molecule has 0 unspecified atom stereocenters. The molecule has 4 rings (SSSR count). The van der Waals surface area contributed by atoms with E-state index in [1.165, 1.54) is 16.9 Å². The zero-order valence-corrected chi connectivity index (χ0v) is 18.5. The largest absolute Gasteiger partial charge is 0.335 e. The Balaban J connectivity index is 1.34. The quantitative estimate of drug-likeness (QED) is 0.617. The minimum atomic E-state index is -0.185. The van der Waals surface area contributed by atoms with Gasteiger partial charge < -0.3 is 15.1 Å². The Labute approximate surface area is 190 Å². The van der Waals surface area contributed by atoms with Gasteiger partial charge in [0, 0.05) is 48.7 Å². The maximum atomic E-state index is 13.0. The van der Waals surface area contributed by atoms with Gasteiger partial charge >= 0.3 is 6.03 Å². The van der Waals surface area contributed by atoms with Crippen molar-refractivity contribution in [2.75, 3.05) is 31.5 Å². The van der Waals surface area contributed by atoms with Gasteiger partial charge in [-0.25, -0.2) is 9.78 Å². The fourth-order valence-electron chi connectivity index (χ4n) is 3.52. The van der Waals surface area contributed by atoms with E-state index in [1.54, 1.807) is 34.1 Å². The van der Waals surface area contributed by atoms with E-state index in [1.807, 2.05) is 23.6 Å². The van der Waals surface area contributed by atoms with Crippen molar-refractivity contribution in [2.24, 2.45) is 0 Å². The van der Waals surface area contributed by atoms with Crippen LogP contribution in [0, 0.1) is 0 Å². The molecule has 2 heterocycles. The van der Waals surface area contributed by atoms with Crippen molar-refractivity contribution in [2.45, 2.75) is 12.8 Å². The molecule has 0 bridgehead atoms. The number of thiazole rings is 1. The number of hydrogen-bond donors (Lipinski definition) is 1. The van der Waals surface area contributed by atoms with Gasteiger partial charge in [-0.15, -0.1) is 11.3 Å². The number of benzene rings is 2. The highest BCUT2D eigenvalue weighted by Gasteiger charge is 2.24. The van der Waals surface area contributed by atoms with E-state index >= 15 is 0 Å². The first-order chi connectivity index (χ1) is 15.1. The van der Waals surface area contributed by atoms with Gasteiger partial charge in [-0.1, -0.05) is 48.0 Å². The van der Waals surface area contributed by atoms with Gasteiger partial charge in [-0.2, -0.15) is 0 Å². The Bertz CT molecular complexity index is 1060. The van der Waals surface area contributed by atoms with Crippen molar-refractivity contribution in [1.82, 2.24) is 14.8 Å². The fourth-order valence-corrected chi connectivity index (χ4v) is 4.51. The highest BCUT2D eigenvalue weighted by atomic mass is 35.5. The molecule has 160 valence electrons. The summed E-state index contributed by atoms with van der Waals surface area (Å²) in [6.45, 7) is 2.14. The van der Waals surface area contributed by atoms with Crippen LogP contribution in [0.5, 0.6) is 0 Å². The van der Waals surface area contributed by atoms with E-state index in [4.69, 9.17) is 11.6 Å². The van der Waals surface area contributed by atoms with Crippen LogP contribution in [0.15, 0.2) is 60.0 Å². The molecule has 0 saturated carbocycles. The molecule has 31 heavy (non-hydrogen) atoms. The lowest BCUT2D eigenvalue weighted by Crippen LogP contribution is -2.39. The lowest BCUT2D eigenvalue weighted by atomic mass is 10.2. The second kappa shape index (κ2) is 9.94. The number of rotatable bonds is 4. The highest BCUT2D eigenvalue weighted by molar-refractivity contribution is 7.09. The summed E-state index contributed by atoms with van der Waals surface area (Å²) in [6, 6.07) is 17.0. The molecule has 1 aromatic heterocycles. The third kappa shape index (κ3) is 5.62. The van der Waals surface area contributed by atoms with Crippen LogP contribution in [0.3, 0.4) is 0 Å². The summed E-state index contributed by atoms with van der Waals surface area (Å²) >= 11 is 7.49. The number of carbonyl (C=O) groups is 2. The normalized spacial score (nSPS) is 14.2. The Morgan fingerprint density at radius 3 is 2.58 bits per heavy atom. The molecule has 1 aliphatic heterocycles. The molecule has 0 spiro atoms. The first-order valence-corrected chi connectivity index (χ1v) is 11.4. The van der Waals surface area contributed by atoms with E-state index in [0.717, 1.165) is 17.8 Å². The topological polar surface area (TPSA) is 65.5 Å². The van der Waals surface area contributed by atoms with E-state index in [0.29, 0.717) is 42.6 Å². The van der Waals surface area contributed by atoms with Crippen LogP contribution in [0.2, 0.25) is 5.02 Å². The molecule has 3 aromatic rings. The monoisotopic (exact) mass is 454 g/mol. The predicted molar refractivity (Wildman–Crippen MR) is 124 cm³/mol. The Hall–Kier alpha value is -2.90. The van der Waals surface area contributed by atoms with Gasteiger partial charge in [-0.3, -0.25) is 4.79 Å². The summed E-state index contributed by atoms with van der Waals surface area (Å²) in [4.78, 5) is 33.6. The molecular formula is C23H23ClN4O2S. The van der Waals surface area contributed by atoms with Gasteiger partial charge in [0.2, 0.25) is 0 Å². The van der Waals surface area contributed by atoms with Crippen molar-refractivity contribution in [1.29, 1.82) is 0 Å². The van der Waals surface area contributed by atoms with Crippen molar-refractivity contribution in [3.63, 3.8) is 0 Å².